The van der Waals surface area contributed by atoms with Crippen LogP contribution in [0.15, 0.2) is 194 Å². The predicted molar refractivity (Wildman–Crippen MR) is 254 cm³/mol. The predicted octanol–water partition coefficient (Wildman–Crippen LogP) is 15.7. The molecule has 12 rings (SSSR count). The molecule has 2 aliphatic carbocycles. The topological polar surface area (TPSA) is 8.17 Å². The van der Waals surface area contributed by atoms with Gasteiger partial charge < -0.3 is 9.47 Å². The standard InChI is InChI=1S/C58H44N2/c1-57(2)51-25-14-12-23-46(51)56-47-36-55-48(33-39(47)26-30-52(56)57)49-34-42(28-31-54(49)60(55)40-19-9-6-10-20-40)59(41-21-15-18-38(32-41)37-16-7-5-8-17-37)43-27-29-45-44-22-11-13-24-50(44)58(3,4)53(45)35-43/h5-36H,1-4H3. The first-order valence-corrected chi connectivity index (χ1v) is 21.2. The molecule has 0 aliphatic heterocycles. The van der Waals surface area contributed by atoms with Crippen LogP contribution in [0.3, 0.4) is 0 Å². The summed E-state index contributed by atoms with van der Waals surface area (Å²) in [5, 5.41) is 5.04. The third-order valence-electron chi connectivity index (χ3n) is 13.7. The molecule has 286 valence electrons. The van der Waals surface area contributed by atoms with Crippen molar-refractivity contribution in [3.05, 3.63) is 216 Å². The van der Waals surface area contributed by atoms with Crippen LogP contribution in [0.4, 0.5) is 17.1 Å². The second-order valence-electron chi connectivity index (χ2n) is 17.8. The van der Waals surface area contributed by atoms with Crippen LogP contribution in [0.5, 0.6) is 0 Å². The van der Waals surface area contributed by atoms with Crippen LogP contribution in [0, 0.1) is 0 Å². The minimum absolute atomic E-state index is 0.0626. The molecular formula is C58H44N2. The quantitative estimate of drug-likeness (QED) is 0.169. The van der Waals surface area contributed by atoms with Crippen LogP contribution in [-0.2, 0) is 10.8 Å². The SMILES string of the molecule is CC1(C)c2ccccc2-c2ccc(N(c3cccc(-c4ccccc4)c3)c3ccc4c(c3)c3cc5ccc6c(c5cc3n4-c3ccccc3)-c3ccccc3C6(C)C)cc21. The summed E-state index contributed by atoms with van der Waals surface area (Å²) in [6.07, 6.45) is 0. The molecule has 1 aromatic heterocycles. The zero-order valence-corrected chi connectivity index (χ0v) is 34.4. The number of fused-ring (bicyclic) bond motifs is 11. The van der Waals surface area contributed by atoms with Gasteiger partial charge in [0.1, 0.15) is 0 Å². The third-order valence-corrected chi connectivity index (χ3v) is 13.7. The van der Waals surface area contributed by atoms with E-state index < -0.39 is 0 Å². The minimum atomic E-state index is -0.122. The first-order chi connectivity index (χ1) is 29.3. The maximum absolute atomic E-state index is 2.47. The van der Waals surface area contributed by atoms with Gasteiger partial charge in [-0.1, -0.05) is 155 Å². The largest absolute Gasteiger partial charge is 0.310 e. The Morgan fingerprint density at radius 1 is 0.367 bits per heavy atom. The van der Waals surface area contributed by atoms with E-state index in [0.717, 1.165) is 22.7 Å². The molecule has 2 nitrogen and oxygen atoms in total. The van der Waals surface area contributed by atoms with Gasteiger partial charge in [-0.15, -0.1) is 0 Å². The van der Waals surface area contributed by atoms with Crippen LogP contribution in [0.25, 0.3) is 71.6 Å². The van der Waals surface area contributed by atoms with E-state index in [1.54, 1.807) is 0 Å². The van der Waals surface area contributed by atoms with Crippen LogP contribution in [0.1, 0.15) is 49.9 Å². The Morgan fingerprint density at radius 2 is 0.967 bits per heavy atom. The van der Waals surface area contributed by atoms with Crippen molar-refractivity contribution in [2.24, 2.45) is 0 Å². The van der Waals surface area contributed by atoms with E-state index in [9.17, 15) is 0 Å². The summed E-state index contributed by atoms with van der Waals surface area (Å²) >= 11 is 0. The molecule has 0 atom stereocenters. The summed E-state index contributed by atoms with van der Waals surface area (Å²) in [5.74, 6) is 0. The highest BCUT2D eigenvalue weighted by atomic mass is 15.1. The van der Waals surface area contributed by atoms with Crippen molar-refractivity contribution in [3.8, 4) is 39.1 Å². The highest BCUT2D eigenvalue weighted by Crippen LogP contribution is 2.53. The number of para-hydroxylation sites is 1. The molecule has 9 aromatic carbocycles. The van der Waals surface area contributed by atoms with E-state index in [0.29, 0.717) is 0 Å². The third kappa shape index (κ3) is 4.94. The number of rotatable bonds is 5. The van der Waals surface area contributed by atoms with E-state index in [1.165, 1.54) is 88.2 Å². The summed E-state index contributed by atoms with van der Waals surface area (Å²) < 4.78 is 2.47. The molecule has 0 N–H and O–H groups in total. The van der Waals surface area contributed by atoms with Crippen molar-refractivity contribution in [2.75, 3.05) is 4.90 Å². The van der Waals surface area contributed by atoms with Crippen molar-refractivity contribution < 1.29 is 0 Å². The summed E-state index contributed by atoms with van der Waals surface area (Å²) in [7, 11) is 0. The number of hydrogen-bond donors (Lipinski definition) is 0. The Hall–Kier alpha value is -7.16. The maximum Gasteiger partial charge on any atom is 0.0547 e. The molecule has 60 heavy (non-hydrogen) atoms. The van der Waals surface area contributed by atoms with Crippen LogP contribution in [0.2, 0.25) is 0 Å². The smallest absolute Gasteiger partial charge is 0.0547 e. The van der Waals surface area contributed by atoms with Gasteiger partial charge in [-0.2, -0.15) is 0 Å². The molecule has 0 saturated heterocycles. The molecule has 0 spiro atoms. The Morgan fingerprint density at radius 3 is 1.77 bits per heavy atom. The van der Waals surface area contributed by atoms with Crippen molar-refractivity contribution in [3.63, 3.8) is 0 Å². The van der Waals surface area contributed by atoms with Gasteiger partial charge in [0.05, 0.1) is 11.0 Å². The molecule has 0 fully saturated rings. The maximum atomic E-state index is 2.47. The lowest BCUT2D eigenvalue weighted by Gasteiger charge is -2.28. The fourth-order valence-corrected chi connectivity index (χ4v) is 10.8. The van der Waals surface area contributed by atoms with Crippen molar-refractivity contribution in [2.45, 2.75) is 38.5 Å². The molecule has 10 aromatic rings. The molecule has 2 heteroatoms. The number of aromatic nitrogens is 1. The fourth-order valence-electron chi connectivity index (χ4n) is 10.8. The van der Waals surface area contributed by atoms with Gasteiger partial charge in [0.2, 0.25) is 0 Å². The molecule has 0 unspecified atom stereocenters. The van der Waals surface area contributed by atoms with E-state index in [2.05, 4.69) is 231 Å². The summed E-state index contributed by atoms with van der Waals surface area (Å²) in [5.41, 5.74) is 20.1. The van der Waals surface area contributed by atoms with Gasteiger partial charge in [-0.05, 0) is 133 Å². The van der Waals surface area contributed by atoms with E-state index in [1.807, 2.05) is 0 Å². The Labute approximate surface area is 351 Å². The van der Waals surface area contributed by atoms with E-state index >= 15 is 0 Å². The molecule has 2 aliphatic rings. The molecule has 0 amide bonds. The number of anilines is 3. The van der Waals surface area contributed by atoms with Gasteiger partial charge in [0, 0.05) is 44.4 Å². The van der Waals surface area contributed by atoms with Gasteiger partial charge in [-0.3, -0.25) is 0 Å². The van der Waals surface area contributed by atoms with Gasteiger partial charge in [-0.25, -0.2) is 0 Å². The lowest BCUT2D eigenvalue weighted by atomic mass is 9.82. The van der Waals surface area contributed by atoms with Gasteiger partial charge in [0.15, 0.2) is 0 Å². The lowest BCUT2D eigenvalue weighted by Crippen LogP contribution is -2.16. The Balaban J connectivity index is 1.11. The molecule has 0 bridgehead atoms. The van der Waals surface area contributed by atoms with E-state index in [-0.39, 0.29) is 10.8 Å². The Bertz CT molecular complexity index is 3370. The fraction of sp³-hybridized carbons (Fsp3) is 0.103. The summed E-state index contributed by atoms with van der Waals surface area (Å²) in [6.45, 7) is 9.47. The highest BCUT2D eigenvalue weighted by Gasteiger charge is 2.37. The van der Waals surface area contributed by atoms with E-state index in [4.69, 9.17) is 0 Å². The first-order valence-electron chi connectivity index (χ1n) is 21.2. The molecule has 0 radical (unpaired) electrons. The van der Waals surface area contributed by atoms with Crippen molar-refractivity contribution >= 4 is 49.6 Å². The zero-order chi connectivity index (χ0) is 40.3. The van der Waals surface area contributed by atoms with Crippen LogP contribution in [-0.4, -0.2) is 4.57 Å². The number of nitrogens with zero attached hydrogens (tertiary/aromatic N) is 2. The second-order valence-corrected chi connectivity index (χ2v) is 17.8. The summed E-state index contributed by atoms with van der Waals surface area (Å²) in [6, 6.07) is 72.3. The molecule has 1 heterocycles. The number of benzene rings is 9. The second kappa shape index (κ2) is 12.7. The molecule has 0 saturated carbocycles. The zero-order valence-electron chi connectivity index (χ0n) is 34.4. The monoisotopic (exact) mass is 768 g/mol. The normalized spacial score (nSPS) is 14.3. The molecular weight excluding hydrogens is 725 g/mol. The lowest BCUT2D eigenvalue weighted by molar-refractivity contribution is 0.660. The minimum Gasteiger partial charge on any atom is -0.310 e. The average molecular weight is 769 g/mol. The average Bonchev–Trinajstić information content (AvgIpc) is 3.82. The van der Waals surface area contributed by atoms with Crippen molar-refractivity contribution in [1.29, 1.82) is 0 Å². The van der Waals surface area contributed by atoms with Crippen molar-refractivity contribution in [1.82, 2.24) is 4.57 Å². The summed E-state index contributed by atoms with van der Waals surface area (Å²) in [4.78, 5) is 2.46. The highest BCUT2D eigenvalue weighted by molar-refractivity contribution is 6.17. The Kier molecular flexibility index (Phi) is 7.36. The first kappa shape index (κ1) is 34.8. The number of hydrogen-bond acceptors (Lipinski definition) is 1. The van der Waals surface area contributed by atoms with Gasteiger partial charge >= 0.3 is 0 Å². The van der Waals surface area contributed by atoms with Crippen LogP contribution >= 0.6 is 0 Å². The van der Waals surface area contributed by atoms with Gasteiger partial charge in [0.25, 0.3) is 0 Å². The van der Waals surface area contributed by atoms with Crippen LogP contribution < -0.4 is 4.90 Å².